The summed E-state index contributed by atoms with van der Waals surface area (Å²) in [4.78, 5) is 12.0. The molecule has 2 rings (SSSR count). The average Bonchev–Trinajstić information content (AvgIpc) is 2.39. The van der Waals surface area contributed by atoms with E-state index in [9.17, 15) is 9.90 Å². The van der Waals surface area contributed by atoms with Crippen LogP contribution in [0.15, 0.2) is 36.4 Å². The summed E-state index contributed by atoms with van der Waals surface area (Å²) in [7, 11) is 0. The summed E-state index contributed by atoms with van der Waals surface area (Å²) in [6.45, 7) is 2.18. The molecule has 18 heavy (non-hydrogen) atoms. The van der Waals surface area contributed by atoms with Gasteiger partial charge in [0.25, 0.3) is 5.91 Å². The van der Waals surface area contributed by atoms with Crippen LogP contribution in [0.3, 0.4) is 0 Å². The number of amides is 1. The summed E-state index contributed by atoms with van der Waals surface area (Å²) >= 11 is 0. The number of fused-ring (bicyclic) bond motifs is 1. The van der Waals surface area contributed by atoms with Crippen molar-refractivity contribution >= 4 is 16.7 Å². The van der Waals surface area contributed by atoms with Crippen molar-refractivity contribution in [2.75, 3.05) is 6.54 Å². The Morgan fingerprint density at radius 2 is 2.06 bits per heavy atom. The summed E-state index contributed by atoms with van der Waals surface area (Å²) in [6, 6.07) is 10.7. The Balaban J connectivity index is 2.40. The van der Waals surface area contributed by atoms with E-state index >= 15 is 0 Å². The highest BCUT2D eigenvalue weighted by atomic mass is 16.3. The highest BCUT2D eigenvalue weighted by Crippen LogP contribution is 2.28. The maximum Gasteiger partial charge on any atom is 0.255 e. The van der Waals surface area contributed by atoms with Gasteiger partial charge in [-0.2, -0.15) is 0 Å². The lowest BCUT2D eigenvalue weighted by Crippen LogP contribution is -2.37. The molecule has 0 aliphatic carbocycles. The number of carbonyl (C=O) groups excluding carboxylic acids is 1. The van der Waals surface area contributed by atoms with E-state index in [0.717, 1.165) is 5.39 Å². The third-order valence-electron chi connectivity index (χ3n) is 2.88. The molecule has 1 amide bonds. The predicted octanol–water partition coefficient (Wildman–Crippen LogP) is 1.62. The van der Waals surface area contributed by atoms with Crippen molar-refractivity contribution in [1.82, 2.24) is 5.32 Å². The van der Waals surface area contributed by atoms with E-state index < -0.39 is 0 Å². The molecule has 94 valence electrons. The molecule has 0 bridgehead atoms. The Kier molecular flexibility index (Phi) is 3.48. The van der Waals surface area contributed by atoms with Gasteiger partial charge in [0.2, 0.25) is 0 Å². The number of phenols is 1. The number of aromatic hydroxyl groups is 1. The first-order chi connectivity index (χ1) is 8.63. The van der Waals surface area contributed by atoms with Crippen LogP contribution in [0, 0.1) is 0 Å². The number of nitrogens with one attached hydrogen (secondary N) is 1. The van der Waals surface area contributed by atoms with Crippen molar-refractivity contribution in [3.05, 3.63) is 42.0 Å². The van der Waals surface area contributed by atoms with E-state index in [4.69, 9.17) is 5.73 Å². The molecule has 0 radical (unpaired) electrons. The molecule has 1 atom stereocenters. The number of hydrogen-bond acceptors (Lipinski definition) is 3. The summed E-state index contributed by atoms with van der Waals surface area (Å²) in [5, 5.41) is 14.4. The minimum absolute atomic E-state index is 0.00909. The Morgan fingerprint density at radius 3 is 2.78 bits per heavy atom. The normalized spacial score (nSPS) is 12.3. The van der Waals surface area contributed by atoms with Crippen molar-refractivity contribution in [1.29, 1.82) is 0 Å². The van der Waals surface area contributed by atoms with Crippen molar-refractivity contribution < 1.29 is 9.90 Å². The molecule has 1 unspecified atom stereocenters. The molecule has 0 aromatic heterocycles. The molecule has 4 heteroatoms. The van der Waals surface area contributed by atoms with Crippen molar-refractivity contribution in [2.45, 2.75) is 13.0 Å². The van der Waals surface area contributed by atoms with Crippen LogP contribution in [0.2, 0.25) is 0 Å². The maximum absolute atomic E-state index is 12.0. The summed E-state index contributed by atoms with van der Waals surface area (Å²) < 4.78 is 0. The van der Waals surface area contributed by atoms with Gasteiger partial charge in [-0.15, -0.1) is 0 Å². The third kappa shape index (κ3) is 2.28. The van der Waals surface area contributed by atoms with Gasteiger partial charge in [-0.05, 0) is 18.4 Å². The van der Waals surface area contributed by atoms with E-state index in [-0.39, 0.29) is 23.3 Å². The zero-order valence-electron chi connectivity index (χ0n) is 10.2. The van der Waals surface area contributed by atoms with Gasteiger partial charge < -0.3 is 16.2 Å². The second kappa shape index (κ2) is 5.06. The molecule has 0 heterocycles. The molecular formula is C14H16N2O2. The van der Waals surface area contributed by atoms with Crippen LogP contribution in [0.4, 0.5) is 0 Å². The van der Waals surface area contributed by atoms with Crippen LogP contribution in [-0.4, -0.2) is 23.6 Å². The van der Waals surface area contributed by atoms with Gasteiger partial charge in [-0.3, -0.25) is 4.79 Å². The lowest BCUT2D eigenvalue weighted by molar-refractivity contribution is 0.0939. The van der Waals surface area contributed by atoms with Crippen LogP contribution in [0.1, 0.15) is 17.3 Å². The fraction of sp³-hybridized carbons (Fsp3) is 0.214. The quantitative estimate of drug-likeness (QED) is 0.768. The number of rotatable bonds is 3. The molecule has 4 N–H and O–H groups in total. The molecule has 0 saturated carbocycles. The van der Waals surface area contributed by atoms with Gasteiger partial charge in [0.05, 0.1) is 5.56 Å². The lowest BCUT2D eigenvalue weighted by Gasteiger charge is -2.13. The average molecular weight is 244 g/mol. The van der Waals surface area contributed by atoms with Gasteiger partial charge in [0.15, 0.2) is 0 Å². The highest BCUT2D eigenvalue weighted by molar-refractivity contribution is 6.03. The Bertz CT molecular complexity index is 581. The first-order valence-electron chi connectivity index (χ1n) is 5.85. The van der Waals surface area contributed by atoms with Gasteiger partial charge in [0, 0.05) is 18.0 Å². The fourth-order valence-electron chi connectivity index (χ4n) is 1.80. The van der Waals surface area contributed by atoms with E-state index in [1.54, 1.807) is 12.1 Å². The van der Waals surface area contributed by atoms with Gasteiger partial charge in [-0.1, -0.05) is 30.3 Å². The Labute approximate surface area is 105 Å². The Morgan fingerprint density at radius 1 is 1.33 bits per heavy atom. The third-order valence-corrected chi connectivity index (χ3v) is 2.88. The Hall–Kier alpha value is -2.07. The van der Waals surface area contributed by atoms with Gasteiger partial charge >= 0.3 is 0 Å². The fourth-order valence-corrected chi connectivity index (χ4v) is 1.80. The standard InChI is InChI=1S/C14H16N2O2/c1-9(8-15)16-14(18)12-7-6-10-4-2-3-5-11(10)13(12)17/h2-7,9,17H,8,15H2,1H3,(H,16,18). The molecule has 2 aromatic carbocycles. The topological polar surface area (TPSA) is 75.3 Å². The van der Waals surface area contributed by atoms with Crippen LogP contribution >= 0.6 is 0 Å². The van der Waals surface area contributed by atoms with E-state index in [1.807, 2.05) is 31.2 Å². The molecule has 2 aromatic rings. The summed E-state index contributed by atoms with van der Waals surface area (Å²) in [5.74, 6) is -0.300. The molecular weight excluding hydrogens is 228 g/mol. The molecule has 0 aliphatic rings. The van der Waals surface area contributed by atoms with Gasteiger partial charge in [-0.25, -0.2) is 0 Å². The monoisotopic (exact) mass is 244 g/mol. The minimum Gasteiger partial charge on any atom is -0.506 e. The maximum atomic E-state index is 12.0. The molecule has 4 nitrogen and oxygen atoms in total. The number of carbonyl (C=O) groups is 1. The highest BCUT2D eigenvalue weighted by Gasteiger charge is 2.14. The van der Waals surface area contributed by atoms with Crippen molar-refractivity contribution in [3.8, 4) is 5.75 Å². The van der Waals surface area contributed by atoms with Gasteiger partial charge in [0.1, 0.15) is 5.75 Å². The lowest BCUT2D eigenvalue weighted by atomic mass is 10.0. The van der Waals surface area contributed by atoms with Crippen LogP contribution < -0.4 is 11.1 Å². The molecule has 0 saturated heterocycles. The molecule has 0 spiro atoms. The number of benzene rings is 2. The van der Waals surface area contributed by atoms with Crippen molar-refractivity contribution in [3.63, 3.8) is 0 Å². The van der Waals surface area contributed by atoms with E-state index in [0.29, 0.717) is 11.9 Å². The van der Waals surface area contributed by atoms with Crippen LogP contribution in [0.5, 0.6) is 5.75 Å². The van der Waals surface area contributed by atoms with Crippen LogP contribution in [0.25, 0.3) is 10.8 Å². The number of phenolic OH excluding ortho intramolecular Hbond substituents is 1. The summed E-state index contributed by atoms with van der Waals surface area (Å²) in [6.07, 6.45) is 0. The first-order valence-corrected chi connectivity index (χ1v) is 5.85. The zero-order chi connectivity index (χ0) is 13.1. The molecule has 0 aliphatic heterocycles. The SMILES string of the molecule is CC(CN)NC(=O)c1ccc2ccccc2c1O. The van der Waals surface area contributed by atoms with Crippen LogP contribution in [-0.2, 0) is 0 Å². The molecule has 0 fully saturated rings. The smallest absolute Gasteiger partial charge is 0.255 e. The zero-order valence-corrected chi connectivity index (χ0v) is 10.2. The minimum atomic E-state index is -0.309. The second-order valence-corrected chi connectivity index (χ2v) is 4.29. The summed E-state index contributed by atoms with van der Waals surface area (Å²) in [5.41, 5.74) is 5.72. The van der Waals surface area contributed by atoms with Crippen molar-refractivity contribution in [2.24, 2.45) is 5.73 Å². The number of hydrogen-bond donors (Lipinski definition) is 3. The second-order valence-electron chi connectivity index (χ2n) is 4.29. The predicted molar refractivity (Wildman–Crippen MR) is 71.6 cm³/mol. The van der Waals surface area contributed by atoms with E-state index in [1.165, 1.54) is 0 Å². The largest absolute Gasteiger partial charge is 0.506 e. The number of nitrogens with two attached hydrogens (primary N) is 1. The first kappa shape index (κ1) is 12.4. The van der Waals surface area contributed by atoms with E-state index in [2.05, 4.69) is 5.32 Å².